The molecule has 0 radical (unpaired) electrons. The monoisotopic (exact) mass is 495 g/mol. The number of carbonyl (C=O) groups excluding carboxylic acids is 4. The Labute approximate surface area is 200 Å². The average molecular weight is 495 g/mol. The third kappa shape index (κ3) is 10.5. The van der Waals surface area contributed by atoms with E-state index in [9.17, 15) is 39.0 Å². The lowest BCUT2D eigenvalue weighted by Gasteiger charge is -2.24. The summed E-state index contributed by atoms with van der Waals surface area (Å²) in [6.07, 6.45) is -1.77. The summed E-state index contributed by atoms with van der Waals surface area (Å²) in [6.45, 7) is 1.39. The lowest BCUT2D eigenvalue weighted by Crippen LogP contribution is -2.58. The van der Waals surface area contributed by atoms with E-state index in [-0.39, 0.29) is 12.2 Å². The van der Waals surface area contributed by atoms with Crippen LogP contribution >= 0.6 is 0 Å². The molecule has 14 heteroatoms. The van der Waals surface area contributed by atoms with Crippen LogP contribution in [0.4, 0.5) is 0 Å². The Bertz CT molecular complexity index is 949. The topological polar surface area (TPSA) is 251 Å². The van der Waals surface area contributed by atoms with Gasteiger partial charge in [-0.05, 0) is 31.0 Å². The van der Waals surface area contributed by atoms with Crippen molar-refractivity contribution in [1.82, 2.24) is 16.0 Å². The summed E-state index contributed by atoms with van der Waals surface area (Å²) >= 11 is 0. The predicted octanol–water partition coefficient (Wildman–Crippen LogP) is -2.44. The van der Waals surface area contributed by atoms with Crippen molar-refractivity contribution < 1.29 is 44.1 Å². The fourth-order valence-corrected chi connectivity index (χ4v) is 2.86. The maximum Gasteiger partial charge on any atom is 0.326 e. The third-order valence-electron chi connectivity index (χ3n) is 4.72. The van der Waals surface area contributed by atoms with Gasteiger partial charge in [0.05, 0.1) is 12.5 Å². The number of amides is 4. The average Bonchev–Trinajstić information content (AvgIpc) is 2.76. The highest BCUT2D eigenvalue weighted by atomic mass is 16.4. The number of hydrogen-bond acceptors (Lipinski definition) is 8. The number of carboxylic acid groups (broad SMARTS) is 2. The van der Waals surface area contributed by atoms with Gasteiger partial charge in [-0.3, -0.25) is 24.0 Å². The van der Waals surface area contributed by atoms with E-state index in [1.165, 1.54) is 31.2 Å². The van der Waals surface area contributed by atoms with Crippen LogP contribution in [0.1, 0.15) is 31.7 Å². The molecule has 4 amide bonds. The van der Waals surface area contributed by atoms with Gasteiger partial charge in [0.25, 0.3) is 0 Å². The van der Waals surface area contributed by atoms with Crippen LogP contribution in [0, 0.1) is 0 Å². The van der Waals surface area contributed by atoms with E-state index in [1.807, 2.05) is 0 Å². The molecule has 1 rings (SSSR count). The summed E-state index contributed by atoms with van der Waals surface area (Å²) < 4.78 is 0. The number of carbonyl (C=O) groups is 6. The van der Waals surface area contributed by atoms with E-state index in [4.69, 9.17) is 16.6 Å². The Kier molecular flexibility index (Phi) is 11.1. The van der Waals surface area contributed by atoms with E-state index in [2.05, 4.69) is 16.0 Å². The summed E-state index contributed by atoms with van der Waals surface area (Å²) in [6, 6.07) is 0.290. The van der Waals surface area contributed by atoms with Crippen molar-refractivity contribution in [2.45, 2.75) is 56.8 Å². The molecule has 0 saturated heterocycles. The zero-order chi connectivity index (χ0) is 26.7. The van der Waals surface area contributed by atoms with Crippen molar-refractivity contribution in [2.24, 2.45) is 11.5 Å². The van der Waals surface area contributed by atoms with Crippen LogP contribution < -0.4 is 27.4 Å². The normalized spacial score (nSPS) is 14.0. The maximum atomic E-state index is 13.0. The molecule has 0 spiro atoms. The molecular formula is C21H29N5O9. The number of nitrogens with one attached hydrogen (secondary N) is 3. The fourth-order valence-electron chi connectivity index (χ4n) is 2.86. The number of carboxylic acids is 2. The van der Waals surface area contributed by atoms with E-state index >= 15 is 0 Å². The summed E-state index contributed by atoms with van der Waals surface area (Å²) in [7, 11) is 0. The molecule has 10 N–H and O–H groups in total. The van der Waals surface area contributed by atoms with Crippen LogP contribution in [0.3, 0.4) is 0 Å². The van der Waals surface area contributed by atoms with Crippen molar-refractivity contribution in [3.05, 3.63) is 29.8 Å². The van der Waals surface area contributed by atoms with Gasteiger partial charge in [-0.1, -0.05) is 12.1 Å². The number of phenolic OH excluding ortho intramolecular Hbond substituents is 1. The molecule has 0 aromatic heterocycles. The van der Waals surface area contributed by atoms with E-state index < -0.39 is 79.0 Å². The highest BCUT2D eigenvalue weighted by Gasteiger charge is 2.31. The van der Waals surface area contributed by atoms with E-state index in [0.29, 0.717) is 5.56 Å². The van der Waals surface area contributed by atoms with Gasteiger partial charge in [0.2, 0.25) is 23.6 Å². The Hall–Kier alpha value is -4.20. The predicted molar refractivity (Wildman–Crippen MR) is 120 cm³/mol. The van der Waals surface area contributed by atoms with Gasteiger partial charge >= 0.3 is 11.9 Å². The van der Waals surface area contributed by atoms with Crippen LogP contribution in [0.15, 0.2) is 24.3 Å². The zero-order valence-corrected chi connectivity index (χ0v) is 18.9. The van der Waals surface area contributed by atoms with Gasteiger partial charge in [-0.15, -0.1) is 0 Å². The Morgan fingerprint density at radius 2 is 1.37 bits per heavy atom. The lowest BCUT2D eigenvalue weighted by molar-refractivity contribution is -0.143. The number of aromatic hydroxyl groups is 1. The van der Waals surface area contributed by atoms with Gasteiger partial charge in [-0.25, -0.2) is 4.79 Å². The second kappa shape index (κ2) is 13.5. The van der Waals surface area contributed by atoms with Crippen molar-refractivity contribution >= 4 is 35.6 Å². The lowest BCUT2D eigenvalue weighted by atomic mass is 10.0. The SMILES string of the molecule is CC(N)C(=O)NC(Cc1ccc(O)cc1)C(=O)NC(CC(N)=O)C(=O)NC(CCC(=O)O)C(=O)O. The van der Waals surface area contributed by atoms with Crippen LogP contribution in [0.25, 0.3) is 0 Å². The molecular weight excluding hydrogens is 466 g/mol. The number of benzene rings is 1. The largest absolute Gasteiger partial charge is 0.508 e. The minimum atomic E-state index is -1.61. The van der Waals surface area contributed by atoms with Gasteiger partial charge in [0.1, 0.15) is 23.9 Å². The molecule has 35 heavy (non-hydrogen) atoms. The van der Waals surface area contributed by atoms with Crippen LogP contribution in [-0.4, -0.2) is 75.1 Å². The second-order valence-corrected chi connectivity index (χ2v) is 7.78. The van der Waals surface area contributed by atoms with E-state index in [1.54, 1.807) is 0 Å². The van der Waals surface area contributed by atoms with Crippen molar-refractivity contribution in [1.29, 1.82) is 0 Å². The maximum absolute atomic E-state index is 13.0. The standard InChI is InChI=1S/C21H29N5O9/c1-10(22)18(31)25-14(8-11-2-4-12(27)5-3-11)19(32)26-15(9-16(23)28)20(33)24-13(21(34)35)6-7-17(29)30/h2-5,10,13-15,27H,6-9,22H2,1H3,(H2,23,28)(H,24,33)(H,25,31)(H,26,32)(H,29,30)(H,34,35). The van der Waals surface area contributed by atoms with Gasteiger partial charge in [0.15, 0.2) is 0 Å². The molecule has 0 fully saturated rings. The molecule has 0 aliphatic rings. The van der Waals surface area contributed by atoms with E-state index in [0.717, 1.165) is 0 Å². The molecule has 1 aromatic carbocycles. The number of hydrogen-bond donors (Lipinski definition) is 8. The minimum absolute atomic E-state index is 0.0246. The van der Waals surface area contributed by atoms with Crippen LogP contribution in [-0.2, 0) is 35.2 Å². The molecule has 0 saturated carbocycles. The smallest absolute Gasteiger partial charge is 0.326 e. The molecule has 0 aliphatic heterocycles. The number of phenols is 1. The Morgan fingerprint density at radius 1 is 0.857 bits per heavy atom. The van der Waals surface area contributed by atoms with Crippen LogP contribution in [0.2, 0.25) is 0 Å². The van der Waals surface area contributed by atoms with Crippen molar-refractivity contribution in [2.75, 3.05) is 0 Å². The van der Waals surface area contributed by atoms with Crippen molar-refractivity contribution in [3.8, 4) is 5.75 Å². The Morgan fingerprint density at radius 3 is 1.86 bits per heavy atom. The second-order valence-electron chi connectivity index (χ2n) is 7.78. The first kappa shape index (κ1) is 28.8. The zero-order valence-electron chi connectivity index (χ0n) is 18.9. The van der Waals surface area contributed by atoms with Gasteiger partial charge in [0, 0.05) is 12.8 Å². The summed E-state index contributed by atoms with van der Waals surface area (Å²) in [5, 5.41) is 34.2. The first-order chi connectivity index (χ1) is 16.3. The summed E-state index contributed by atoms with van der Waals surface area (Å²) in [5.74, 6) is -6.48. The fraction of sp³-hybridized carbons (Fsp3) is 0.429. The molecule has 14 nitrogen and oxygen atoms in total. The van der Waals surface area contributed by atoms with Gasteiger partial charge in [-0.2, -0.15) is 0 Å². The quantitative estimate of drug-likeness (QED) is 0.135. The first-order valence-electron chi connectivity index (χ1n) is 10.5. The molecule has 1 aromatic rings. The highest BCUT2D eigenvalue weighted by Crippen LogP contribution is 2.12. The first-order valence-corrected chi connectivity index (χ1v) is 10.5. The molecule has 192 valence electrons. The van der Waals surface area contributed by atoms with Gasteiger partial charge < -0.3 is 42.7 Å². The number of aliphatic carboxylic acids is 2. The molecule has 4 atom stereocenters. The molecule has 0 aliphatic carbocycles. The number of primary amides is 1. The number of nitrogens with two attached hydrogens (primary N) is 2. The summed E-state index contributed by atoms with van der Waals surface area (Å²) in [4.78, 5) is 71.3. The minimum Gasteiger partial charge on any atom is -0.508 e. The number of rotatable bonds is 14. The summed E-state index contributed by atoms with van der Waals surface area (Å²) in [5.41, 5.74) is 11.2. The highest BCUT2D eigenvalue weighted by molar-refractivity contribution is 5.96. The van der Waals surface area contributed by atoms with Crippen LogP contribution in [0.5, 0.6) is 5.75 Å². The molecule has 0 bridgehead atoms. The Balaban J connectivity index is 3.08. The van der Waals surface area contributed by atoms with Crippen molar-refractivity contribution in [3.63, 3.8) is 0 Å². The third-order valence-corrected chi connectivity index (χ3v) is 4.72. The molecule has 4 unspecified atom stereocenters. The molecule has 0 heterocycles.